The summed E-state index contributed by atoms with van der Waals surface area (Å²) in [6.07, 6.45) is 0.170. The van der Waals surface area contributed by atoms with Crippen molar-refractivity contribution in [1.29, 1.82) is 0 Å². The molecule has 0 saturated carbocycles. The van der Waals surface area contributed by atoms with E-state index < -0.39 is 6.29 Å². The number of carbonyl (C=O) groups excluding carboxylic acids is 1. The Morgan fingerprint density at radius 3 is 2.00 bits per heavy atom. The third-order valence-electron chi connectivity index (χ3n) is 8.53. The summed E-state index contributed by atoms with van der Waals surface area (Å²) in [5.41, 5.74) is 5.95. The Hall–Kier alpha value is -3.85. The molecule has 0 aliphatic carbocycles. The number of hydrogen-bond acceptors (Lipinski definition) is 6. The Bertz CT molecular complexity index is 1460. The maximum absolute atomic E-state index is 12.5. The number of nitrogens with one attached hydrogen (secondary N) is 1. The number of aliphatic hydroxyl groups is 1. The SMILES string of the molecule is O=C(NCc1ccc([C@H]2O[C@@H](CN3CCN(Cc4ccccc4)CC3)C[C@@H](c3ccc(CO)cc3)O2)cc1)c1ccccc1. The number of ether oxygens (including phenoxy) is 2. The lowest BCUT2D eigenvalue weighted by Crippen LogP contribution is -2.49. The molecule has 44 heavy (non-hydrogen) atoms. The van der Waals surface area contributed by atoms with E-state index >= 15 is 0 Å². The highest BCUT2D eigenvalue weighted by atomic mass is 16.7. The molecule has 7 nitrogen and oxygen atoms in total. The molecule has 0 unspecified atom stereocenters. The number of benzene rings is 4. The molecule has 2 N–H and O–H groups in total. The van der Waals surface area contributed by atoms with Crippen LogP contribution in [0.15, 0.2) is 109 Å². The Morgan fingerprint density at radius 2 is 1.32 bits per heavy atom. The minimum Gasteiger partial charge on any atom is -0.392 e. The van der Waals surface area contributed by atoms with E-state index in [9.17, 15) is 9.90 Å². The third-order valence-corrected chi connectivity index (χ3v) is 8.53. The zero-order valence-electron chi connectivity index (χ0n) is 25.1. The molecular weight excluding hydrogens is 550 g/mol. The van der Waals surface area contributed by atoms with Gasteiger partial charge in [0.25, 0.3) is 5.91 Å². The quantitative estimate of drug-likeness (QED) is 0.255. The van der Waals surface area contributed by atoms with Crippen LogP contribution in [0.3, 0.4) is 0 Å². The second kappa shape index (κ2) is 14.8. The number of rotatable bonds is 10. The van der Waals surface area contributed by atoms with E-state index in [1.54, 1.807) is 0 Å². The van der Waals surface area contributed by atoms with Gasteiger partial charge in [-0.3, -0.25) is 14.6 Å². The second-order valence-electron chi connectivity index (χ2n) is 11.7. The summed E-state index contributed by atoms with van der Waals surface area (Å²) >= 11 is 0. The summed E-state index contributed by atoms with van der Waals surface area (Å²) in [7, 11) is 0. The summed E-state index contributed by atoms with van der Waals surface area (Å²) in [4.78, 5) is 17.5. The van der Waals surface area contributed by atoms with Gasteiger partial charge in [0.2, 0.25) is 0 Å². The van der Waals surface area contributed by atoms with Crippen LogP contribution >= 0.6 is 0 Å². The number of hydrogen-bond donors (Lipinski definition) is 2. The van der Waals surface area contributed by atoms with Gasteiger partial charge in [0.1, 0.15) is 0 Å². The van der Waals surface area contributed by atoms with Crippen molar-refractivity contribution in [3.05, 3.63) is 143 Å². The molecule has 4 aromatic carbocycles. The zero-order chi connectivity index (χ0) is 30.1. The summed E-state index contributed by atoms with van der Waals surface area (Å²) in [6, 6.07) is 36.1. The third kappa shape index (κ3) is 8.00. The van der Waals surface area contributed by atoms with Gasteiger partial charge in [-0.25, -0.2) is 0 Å². The Kier molecular flexibility index (Phi) is 10.1. The molecule has 0 aromatic heterocycles. The topological polar surface area (TPSA) is 74.3 Å². The van der Waals surface area contributed by atoms with Crippen LogP contribution in [-0.2, 0) is 29.2 Å². The van der Waals surface area contributed by atoms with Gasteiger partial charge in [-0.2, -0.15) is 0 Å². The van der Waals surface area contributed by atoms with Crippen molar-refractivity contribution in [3.8, 4) is 0 Å². The average molecular weight is 592 g/mol. The van der Waals surface area contributed by atoms with E-state index in [4.69, 9.17) is 9.47 Å². The van der Waals surface area contributed by atoms with Crippen LogP contribution in [0.2, 0.25) is 0 Å². The van der Waals surface area contributed by atoms with E-state index in [-0.39, 0.29) is 24.7 Å². The zero-order valence-corrected chi connectivity index (χ0v) is 25.1. The van der Waals surface area contributed by atoms with E-state index in [2.05, 4.69) is 57.6 Å². The van der Waals surface area contributed by atoms with Crippen molar-refractivity contribution in [2.24, 2.45) is 0 Å². The van der Waals surface area contributed by atoms with E-state index in [0.29, 0.717) is 12.1 Å². The second-order valence-corrected chi connectivity index (χ2v) is 11.7. The van der Waals surface area contributed by atoms with Crippen LogP contribution in [0.5, 0.6) is 0 Å². The highest BCUT2D eigenvalue weighted by Gasteiger charge is 2.33. The lowest BCUT2D eigenvalue weighted by molar-refractivity contribution is -0.253. The van der Waals surface area contributed by atoms with Crippen molar-refractivity contribution in [2.75, 3.05) is 32.7 Å². The molecule has 2 aliphatic heterocycles. The fourth-order valence-corrected chi connectivity index (χ4v) is 5.96. The minimum absolute atomic E-state index is 0.0155. The first-order valence-corrected chi connectivity index (χ1v) is 15.5. The number of carbonyl (C=O) groups is 1. The van der Waals surface area contributed by atoms with Gasteiger partial charge < -0.3 is 19.9 Å². The fraction of sp³-hybridized carbons (Fsp3) is 0.324. The van der Waals surface area contributed by atoms with Gasteiger partial charge >= 0.3 is 0 Å². The standard InChI is InChI=1S/C37H41N3O4/c41-27-30-13-15-31(16-14-30)35-23-34(26-40-21-19-39(20-22-40)25-29-7-3-1-4-8-29)43-37(44-35)33-17-11-28(12-18-33)24-38-36(42)32-9-5-2-6-10-32/h1-18,34-35,37,41H,19-27H2,(H,38,42)/t34-,35+,37+/m1/s1. The molecule has 0 radical (unpaired) electrons. The Labute approximate surface area is 260 Å². The first-order chi connectivity index (χ1) is 21.6. The number of aliphatic hydroxyl groups excluding tert-OH is 1. The van der Waals surface area contributed by atoms with Crippen LogP contribution in [-0.4, -0.2) is 59.6 Å². The number of nitrogens with zero attached hydrogens (tertiary/aromatic N) is 2. The van der Waals surface area contributed by atoms with Crippen molar-refractivity contribution in [2.45, 2.75) is 44.6 Å². The van der Waals surface area contributed by atoms with Crippen molar-refractivity contribution in [1.82, 2.24) is 15.1 Å². The highest BCUT2D eigenvalue weighted by molar-refractivity contribution is 5.94. The molecular formula is C37H41N3O4. The maximum atomic E-state index is 12.5. The molecule has 7 heteroatoms. The van der Waals surface area contributed by atoms with E-state index in [1.807, 2.05) is 66.7 Å². The average Bonchev–Trinajstić information content (AvgIpc) is 3.09. The molecule has 6 rings (SSSR count). The molecule has 2 aliphatic rings. The molecule has 1 amide bonds. The van der Waals surface area contributed by atoms with Gasteiger partial charge in [-0.05, 0) is 34.4 Å². The monoisotopic (exact) mass is 591 g/mol. The fourth-order valence-electron chi connectivity index (χ4n) is 5.96. The molecule has 3 atom stereocenters. The van der Waals surface area contributed by atoms with Crippen LogP contribution < -0.4 is 5.32 Å². The predicted molar refractivity (Wildman–Crippen MR) is 171 cm³/mol. The summed E-state index contributed by atoms with van der Waals surface area (Å²) in [6.45, 7) is 6.41. The van der Waals surface area contributed by atoms with Crippen LogP contribution in [0, 0.1) is 0 Å². The van der Waals surface area contributed by atoms with E-state index in [0.717, 1.165) is 67.9 Å². The van der Waals surface area contributed by atoms with Crippen LogP contribution in [0.4, 0.5) is 0 Å². The number of piperazine rings is 1. The smallest absolute Gasteiger partial charge is 0.251 e. The van der Waals surface area contributed by atoms with Crippen molar-refractivity contribution >= 4 is 5.91 Å². The normalized spacial score (nSPS) is 21.2. The van der Waals surface area contributed by atoms with Gasteiger partial charge in [0, 0.05) is 63.4 Å². The highest BCUT2D eigenvalue weighted by Crippen LogP contribution is 2.38. The Morgan fingerprint density at radius 1 is 0.705 bits per heavy atom. The lowest BCUT2D eigenvalue weighted by Gasteiger charge is -2.40. The molecule has 228 valence electrons. The predicted octanol–water partition coefficient (Wildman–Crippen LogP) is 5.47. The summed E-state index contributed by atoms with van der Waals surface area (Å²) in [5.74, 6) is -0.0903. The molecule has 0 spiro atoms. The van der Waals surface area contributed by atoms with Gasteiger partial charge in [-0.15, -0.1) is 0 Å². The van der Waals surface area contributed by atoms with Gasteiger partial charge in [0.15, 0.2) is 6.29 Å². The molecule has 2 fully saturated rings. The minimum atomic E-state index is -0.497. The van der Waals surface area contributed by atoms with Crippen molar-refractivity contribution < 1.29 is 19.4 Å². The van der Waals surface area contributed by atoms with Crippen LogP contribution in [0.25, 0.3) is 0 Å². The van der Waals surface area contributed by atoms with Gasteiger partial charge in [0.05, 0.1) is 18.8 Å². The summed E-state index contributed by atoms with van der Waals surface area (Å²) in [5, 5.41) is 12.5. The largest absolute Gasteiger partial charge is 0.392 e. The number of amides is 1. The maximum Gasteiger partial charge on any atom is 0.251 e. The van der Waals surface area contributed by atoms with Gasteiger partial charge in [-0.1, -0.05) is 97.1 Å². The van der Waals surface area contributed by atoms with E-state index in [1.165, 1.54) is 5.56 Å². The first-order valence-electron chi connectivity index (χ1n) is 15.5. The van der Waals surface area contributed by atoms with Crippen LogP contribution in [0.1, 0.15) is 57.0 Å². The molecule has 2 saturated heterocycles. The molecule has 4 aromatic rings. The lowest BCUT2D eigenvalue weighted by atomic mass is 9.99. The van der Waals surface area contributed by atoms with Crippen molar-refractivity contribution in [3.63, 3.8) is 0 Å². The molecule has 0 bridgehead atoms. The summed E-state index contributed by atoms with van der Waals surface area (Å²) < 4.78 is 13.2. The first kappa shape index (κ1) is 30.2. The Balaban J connectivity index is 1.09. The molecule has 2 heterocycles.